The predicted octanol–water partition coefficient (Wildman–Crippen LogP) is 3.92. The Balaban J connectivity index is 1.88. The monoisotopic (exact) mass is 419 g/mol. The van der Waals surface area contributed by atoms with Crippen LogP contribution in [0.5, 0.6) is 5.75 Å². The number of carbonyl (C=O) groups excluding carboxylic acids is 1. The summed E-state index contributed by atoms with van der Waals surface area (Å²) in [5, 5.41) is 19.7. The molecule has 0 bridgehead atoms. The van der Waals surface area contributed by atoms with Gasteiger partial charge in [0.15, 0.2) is 0 Å². The van der Waals surface area contributed by atoms with E-state index in [0.29, 0.717) is 17.0 Å². The Hall–Kier alpha value is -2.35. The standard InChI is InChI=1S/C19H14ClNO4S2/c20-14-4-2-1-3-12(14)7-11-5-6-15(22)13(8-11)9-16-18(25)21(10-17(23)24)19(26)27-16/h1-6,8-9,22H,7,10H2,(H,23,24). The molecule has 0 saturated carbocycles. The number of benzene rings is 2. The van der Waals surface area contributed by atoms with Crippen molar-refractivity contribution in [2.75, 3.05) is 6.54 Å². The highest BCUT2D eigenvalue weighted by molar-refractivity contribution is 8.26. The van der Waals surface area contributed by atoms with Crippen molar-refractivity contribution >= 4 is 57.9 Å². The Morgan fingerprint density at radius 3 is 2.70 bits per heavy atom. The molecule has 1 amide bonds. The molecular formula is C19H14ClNO4S2. The molecule has 0 aromatic heterocycles. The summed E-state index contributed by atoms with van der Waals surface area (Å²) in [6.45, 7) is -0.486. The van der Waals surface area contributed by atoms with Crippen LogP contribution in [0.3, 0.4) is 0 Å². The van der Waals surface area contributed by atoms with E-state index in [-0.39, 0.29) is 15.0 Å². The topological polar surface area (TPSA) is 77.8 Å². The van der Waals surface area contributed by atoms with E-state index >= 15 is 0 Å². The molecule has 0 spiro atoms. The number of thiocarbonyl (C=S) groups is 1. The zero-order chi connectivity index (χ0) is 19.6. The van der Waals surface area contributed by atoms with Crippen molar-refractivity contribution in [3.8, 4) is 5.75 Å². The maximum Gasteiger partial charge on any atom is 0.323 e. The first-order valence-corrected chi connectivity index (χ1v) is 9.48. The SMILES string of the molecule is O=C(O)CN1C(=O)C(=Cc2cc(Cc3ccccc3Cl)ccc2O)SC1=S. The minimum absolute atomic E-state index is 0.0152. The van der Waals surface area contributed by atoms with Crippen molar-refractivity contribution in [2.24, 2.45) is 0 Å². The van der Waals surface area contributed by atoms with Gasteiger partial charge >= 0.3 is 5.97 Å². The second-order valence-electron chi connectivity index (χ2n) is 5.82. The van der Waals surface area contributed by atoms with Gasteiger partial charge in [0.2, 0.25) is 0 Å². The second kappa shape index (κ2) is 8.12. The van der Waals surface area contributed by atoms with Gasteiger partial charge in [-0.1, -0.05) is 59.8 Å². The van der Waals surface area contributed by atoms with Crippen molar-refractivity contribution in [1.82, 2.24) is 4.90 Å². The number of phenols is 1. The smallest absolute Gasteiger partial charge is 0.323 e. The molecule has 2 aromatic carbocycles. The average Bonchev–Trinajstić information content (AvgIpc) is 2.87. The van der Waals surface area contributed by atoms with Gasteiger partial charge in [0.25, 0.3) is 5.91 Å². The van der Waals surface area contributed by atoms with Crippen LogP contribution in [0.15, 0.2) is 47.4 Å². The molecule has 1 saturated heterocycles. The Morgan fingerprint density at radius 2 is 2.00 bits per heavy atom. The Bertz CT molecular complexity index is 974. The van der Waals surface area contributed by atoms with Gasteiger partial charge < -0.3 is 10.2 Å². The summed E-state index contributed by atoms with van der Waals surface area (Å²) < 4.78 is 0.181. The Kier molecular flexibility index (Phi) is 5.84. The van der Waals surface area contributed by atoms with Crippen LogP contribution in [0.25, 0.3) is 6.08 Å². The van der Waals surface area contributed by atoms with Gasteiger partial charge in [-0.2, -0.15) is 0 Å². The lowest BCUT2D eigenvalue weighted by Gasteiger charge is -2.10. The van der Waals surface area contributed by atoms with Crippen LogP contribution in [0, 0.1) is 0 Å². The lowest BCUT2D eigenvalue weighted by molar-refractivity contribution is -0.140. The van der Waals surface area contributed by atoms with Gasteiger partial charge in [-0.3, -0.25) is 14.5 Å². The second-order valence-corrected chi connectivity index (χ2v) is 7.91. The number of carboxylic acids is 1. The predicted molar refractivity (Wildman–Crippen MR) is 110 cm³/mol. The summed E-state index contributed by atoms with van der Waals surface area (Å²) in [7, 11) is 0. The number of thioether (sulfide) groups is 1. The summed E-state index contributed by atoms with van der Waals surface area (Å²) in [6, 6.07) is 12.6. The molecule has 0 atom stereocenters. The van der Waals surface area contributed by atoms with E-state index in [1.165, 1.54) is 6.08 Å². The van der Waals surface area contributed by atoms with E-state index in [9.17, 15) is 14.7 Å². The first kappa shape index (κ1) is 19.4. The summed E-state index contributed by atoms with van der Waals surface area (Å²) >= 11 is 12.3. The van der Waals surface area contributed by atoms with Gasteiger partial charge in [-0.25, -0.2) is 0 Å². The molecule has 3 rings (SSSR count). The zero-order valence-electron chi connectivity index (χ0n) is 13.9. The third-order valence-corrected chi connectivity index (χ3v) is 5.64. The van der Waals surface area contributed by atoms with E-state index < -0.39 is 18.4 Å². The highest BCUT2D eigenvalue weighted by Gasteiger charge is 2.33. The molecule has 1 fully saturated rings. The number of hydrogen-bond acceptors (Lipinski definition) is 5. The molecular weight excluding hydrogens is 406 g/mol. The Morgan fingerprint density at radius 1 is 1.26 bits per heavy atom. The molecule has 2 N–H and O–H groups in total. The fraction of sp³-hybridized carbons (Fsp3) is 0.105. The van der Waals surface area contributed by atoms with E-state index in [2.05, 4.69) is 0 Å². The molecule has 0 aliphatic carbocycles. The van der Waals surface area contributed by atoms with Gasteiger partial charge in [0, 0.05) is 10.6 Å². The average molecular weight is 420 g/mol. The third-order valence-electron chi connectivity index (χ3n) is 3.90. The maximum atomic E-state index is 12.4. The number of amides is 1. The number of carbonyl (C=O) groups is 2. The number of aromatic hydroxyl groups is 1. The molecule has 2 aromatic rings. The molecule has 27 heavy (non-hydrogen) atoms. The summed E-state index contributed by atoms with van der Waals surface area (Å²) in [5.41, 5.74) is 2.31. The van der Waals surface area contributed by atoms with Gasteiger partial charge in [0.1, 0.15) is 16.6 Å². The van der Waals surface area contributed by atoms with Gasteiger partial charge in [-0.05, 0) is 41.8 Å². The summed E-state index contributed by atoms with van der Waals surface area (Å²) in [4.78, 5) is 24.5. The Labute approximate surface area is 170 Å². The van der Waals surface area contributed by atoms with Crippen molar-refractivity contribution in [1.29, 1.82) is 0 Å². The number of phenolic OH excluding ortho intramolecular Hbond substituents is 1. The molecule has 0 unspecified atom stereocenters. The quantitative estimate of drug-likeness (QED) is 0.565. The summed E-state index contributed by atoms with van der Waals surface area (Å²) in [5.74, 6) is -1.61. The van der Waals surface area contributed by atoms with E-state index in [1.54, 1.807) is 18.2 Å². The first-order chi connectivity index (χ1) is 12.8. The first-order valence-electron chi connectivity index (χ1n) is 7.87. The zero-order valence-corrected chi connectivity index (χ0v) is 16.3. The normalized spacial score (nSPS) is 15.6. The number of carboxylic acid groups (broad SMARTS) is 1. The lowest BCUT2D eigenvalue weighted by atomic mass is 10.0. The van der Waals surface area contributed by atoms with Crippen molar-refractivity contribution in [3.05, 3.63) is 69.1 Å². The third kappa shape index (κ3) is 4.50. The largest absolute Gasteiger partial charge is 0.507 e. The molecule has 8 heteroatoms. The lowest BCUT2D eigenvalue weighted by Crippen LogP contribution is -2.33. The molecule has 5 nitrogen and oxygen atoms in total. The molecule has 1 heterocycles. The molecule has 1 aliphatic heterocycles. The highest BCUT2D eigenvalue weighted by Crippen LogP contribution is 2.34. The summed E-state index contributed by atoms with van der Waals surface area (Å²) in [6.07, 6.45) is 2.09. The van der Waals surface area contributed by atoms with E-state index in [1.807, 2.05) is 24.3 Å². The van der Waals surface area contributed by atoms with Crippen LogP contribution in [0.1, 0.15) is 16.7 Å². The van der Waals surface area contributed by atoms with Crippen LogP contribution in [0.4, 0.5) is 0 Å². The molecule has 0 radical (unpaired) electrons. The number of rotatable bonds is 5. The van der Waals surface area contributed by atoms with Crippen LogP contribution in [0.2, 0.25) is 5.02 Å². The number of hydrogen-bond donors (Lipinski definition) is 2. The van der Waals surface area contributed by atoms with Crippen molar-refractivity contribution in [3.63, 3.8) is 0 Å². The van der Waals surface area contributed by atoms with Crippen LogP contribution >= 0.6 is 35.6 Å². The highest BCUT2D eigenvalue weighted by atomic mass is 35.5. The minimum atomic E-state index is -1.14. The van der Waals surface area contributed by atoms with Crippen LogP contribution in [-0.2, 0) is 16.0 Å². The van der Waals surface area contributed by atoms with Crippen molar-refractivity contribution < 1.29 is 19.8 Å². The van der Waals surface area contributed by atoms with Crippen LogP contribution in [-0.4, -0.2) is 37.9 Å². The number of halogens is 1. The number of nitrogens with zero attached hydrogens (tertiary/aromatic N) is 1. The van der Waals surface area contributed by atoms with Gasteiger partial charge in [0.05, 0.1) is 4.91 Å². The minimum Gasteiger partial charge on any atom is -0.507 e. The molecule has 138 valence electrons. The maximum absolute atomic E-state index is 12.4. The fourth-order valence-corrected chi connectivity index (χ4v) is 4.05. The van der Waals surface area contributed by atoms with Crippen LogP contribution < -0.4 is 0 Å². The number of aliphatic carboxylic acids is 1. The fourth-order valence-electron chi connectivity index (χ4n) is 2.60. The van der Waals surface area contributed by atoms with Gasteiger partial charge in [-0.15, -0.1) is 0 Å². The van der Waals surface area contributed by atoms with E-state index in [4.69, 9.17) is 28.9 Å². The van der Waals surface area contributed by atoms with E-state index in [0.717, 1.165) is 27.8 Å². The van der Waals surface area contributed by atoms with Crippen molar-refractivity contribution in [2.45, 2.75) is 6.42 Å². The molecule has 1 aliphatic rings.